The van der Waals surface area contributed by atoms with Crippen LogP contribution in [0.2, 0.25) is 0 Å². The Morgan fingerprint density at radius 3 is 2.48 bits per heavy atom. The number of hydrogen-bond donors (Lipinski definition) is 1. The monoisotopic (exact) mass is 299 g/mol. The van der Waals surface area contributed by atoms with Gasteiger partial charge in [0.15, 0.2) is 0 Å². The molecule has 1 aromatic carbocycles. The summed E-state index contributed by atoms with van der Waals surface area (Å²) in [4.78, 5) is 1.60. The molecule has 0 saturated carbocycles. The summed E-state index contributed by atoms with van der Waals surface area (Å²) in [5.41, 5.74) is 4.43. The molecular formula is C19H25NS. The summed E-state index contributed by atoms with van der Waals surface area (Å²) in [5.74, 6) is 1.22. The van der Waals surface area contributed by atoms with E-state index in [1.807, 2.05) is 11.3 Å². The van der Waals surface area contributed by atoms with Crippen molar-refractivity contribution in [2.75, 3.05) is 7.05 Å². The van der Waals surface area contributed by atoms with E-state index in [2.05, 4.69) is 61.9 Å². The molecule has 0 amide bonds. The third kappa shape index (κ3) is 2.93. The van der Waals surface area contributed by atoms with E-state index in [-0.39, 0.29) is 0 Å². The summed E-state index contributed by atoms with van der Waals surface area (Å²) in [6.45, 7) is 4.51. The van der Waals surface area contributed by atoms with Crippen molar-refractivity contribution in [3.8, 4) is 0 Å². The van der Waals surface area contributed by atoms with Gasteiger partial charge < -0.3 is 5.32 Å². The van der Waals surface area contributed by atoms with E-state index in [4.69, 9.17) is 0 Å². The second-order valence-electron chi connectivity index (χ2n) is 6.39. The largest absolute Gasteiger partial charge is 0.312 e. The lowest BCUT2D eigenvalue weighted by Crippen LogP contribution is -2.26. The zero-order valence-corrected chi connectivity index (χ0v) is 14.0. The summed E-state index contributed by atoms with van der Waals surface area (Å²) in [5, 5.41) is 5.83. The zero-order valence-electron chi connectivity index (χ0n) is 13.2. The van der Waals surface area contributed by atoms with Gasteiger partial charge in [-0.1, -0.05) is 38.1 Å². The van der Waals surface area contributed by atoms with Crippen molar-refractivity contribution in [3.05, 3.63) is 57.3 Å². The maximum absolute atomic E-state index is 3.57. The predicted molar refractivity (Wildman–Crippen MR) is 92.3 cm³/mol. The minimum Gasteiger partial charge on any atom is -0.312 e. The van der Waals surface area contributed by atoms with Gasteiger partial charge >= 0.3 is 0 Å². The van der Waals surface area contributed by atoms with E-state index in [1.54, 1.807) is 10.4 Å². The number of fused-ring (bicyclic) bond motifs is 1. The number of hydrogen-bond acceptors (Lipinski definition) is 2. The highest BCUT2D eigenvalue weighted by molar-refractivity contribution is 7.10. The predicted octanol–water partition coefficient (Wildman–Crippen LogP) is 5.25. The normalized spacial score (nSPS) is 19.5. The highest BCUT2D eigenvalue weighted by Gasteiger charge is 2.28. The van der Waals surface area contributed by atoms with Crippen LogP contribution in [0, 0.1) is 0 Å². The first-order valence-corrected chi connectivity index (χ1v) is 8.92. The Morgan fingerprint density at radius 2 is 1.81 bits per heavy atom. The van der Waals surface area contributed by atoms with Gasteiger partial charge in [-0.05, 0) is 60.4 Å². The van der Waals surface area contributed by atoms with Gasteiger partial charge in [-0.2, -0.15) is 0 Å². The summed E-state index contributed by atoms with van der Waals surface area (Å²) in [6.07, 6.45) is 3.88. The maximum atomic E-state index is 3.57. The van der Waals surface area contributed by atoms with Gasteiger partial charge in [0.25, 0.3) is 0 Å². The van der Waals surface area contributed by atoms with Crippen LogP contribution >= 0.6 is 11.3 Å². The molecule has 1 aliphatic carbocycles. The van der Waals surface area contributed by atoms with Crippen molar-refractivity contribution in [1.29, 1.82) is 0 Å². The molecule has 1 N–H and O–H groups in total. The van der Waals surface area contributed by atoms with Crippen LogP contribution in [0.4, 0.5) is 0 Å². The molecule has 1 aliphatic rings. The molecule has 0 fully saturated rings. The van der Waals surface area contributed by atoms with E-state index in [0.717, 1.165) is 0 Å². The second-order valence-corrected chi connectivity index (χ2v) is 7.39. The van der Waals surface area contributed by atoms with Crippen LogP contribution < -0.4 is 5.32 Å². The lowest BCUT2D eigenvalue weighted by molar-refractivity contribution is 0.428. The number of rotatable bonds is 4. The fourth-order valence-corrected chi connectivity index (χ4v) is 4.55. The van der Waals surface area contributed by atoms with Crippen molar-refractivity contribution in [1.82, 2.24) is 5.32 Å². The Balaban J connectivity index is 1.89. The molecule has 1 aromatic heterocycles. The van der Waals surface area contributed by atoms with Crippen molar-refractivity contribution >= 4 is 11.3 Å². The first-order valence-electron chi connectivity index (χ1n) is 8.04. The number of aryl methyl sites for hydroxylation is 1. The molecule has 112 valence electrons. The van der Waals surface area contributed by atoms with Crippen LogP contribution in [0.3, 0.4) is 0 Å². The Morgan fingerprint density at radius 1 is 1.10 bits per heavy atom. The van der Waals surface area contributed by atoms with E-state index in [0.29, 0.717) is 17.9 Å². The molecule has 1 nitrogen and oxygen atoms in total. The molecule has 21 heavy (non-hydrogen) atoms. The molecule has 2 heteroatoms. The zero-order chi connectivity index (χ0) is 14.8. The molecule has 0 bridgehead atoms. The third-order valence-corrected chi connectivity index (χ3v) is 5.77. The van der Waals surface area contributed by atoms with Crippen molar-refractivity contribution < 1.29 is 0 Å². The molecule has 0 spiro atoms. The number of likely N-dealkylation sites (N-methyl/N-ethyl adjacent to an activating group) is 1. The van der Waals surface area contributed by atoms with E-state index < -0.39 is 0 Å². The van der Waals surface area contributed by atoms with Gasteiger partial charge in [0.05, 0.1) is 0 Å². The molecule has 0 radical (unpaired) electrons. The molecular weight excluding hydrogens is 274 g/mol. The number of nitrogens with one attached hydrogen (secondary N) is 1. The topological polar surface area (TPSA) is 12.0 Å². The fourth-order valence-electron chi connectivity index (χ4n) is 3.56. The van der Waals surface area contributed by atoms with Crippen LogP contribution in [0.25, 0.3) is 0 Å². The summed E-state index contributed by atoms with van der Waals surface area (Å²) in [7, 11) is 2.10. The fraction of sp³-hybridized carbons (Fsp3) is 0.474. The minimum absolute atomic E-state index is 0.430. The van der Waals surface area contributed by atoms with Crippen LogP contribution in [0.5, 0.6) is 0 Å². The average molecular weight is 299 g/mol. The van der Waals surface area contributed by atoms with Gasteiger partial charge in [-0.25, -0.2) is 0 Å². The van der Waals surface area contributed by atoms with E-state index in [9.17, 15) is 0 Å². The van der Waals surface area contributed by atoms with Crippen LogP contribution in [0.1, 0.15) is 66.1 Å². The maximum Gasteiger partial charge on any atom is 0.0387 e. The SMILES string of the molecule is CNC(c1ccc(C(C)C)cc1)C1CCCc2sccc21. The standard InChI is InChI=1S/C19H25NS/c1-13(2)14-7-9-15(10-8-14)19(20-3)17-5-4-6-18-16(17)11-12-21-18/h7-13,17,19-20H,4-6H2,1-3H3. The molecule has 1 heterocycles. The Labute approximate surface area is 132 Å². The Kier molecular flexibility index (Phi) is 4.46. The van der Waals surface area contributed by atoms with Gasteiger partial charge in [-0.3, -0.25) is 0 Å². The highest BCUT2D eigenvalue weighted by Crippen LogP contribution is 2.42. The lowest BCUT2D eigenvalue weighted by atomic mass is 9.79. The minimum atomic E-state index is 0.430. The molecule has 3 rings (SSSR count). The molecule has 0 saturated heterocycles. The van der Waals surface area contributed by atoms with Crippen molar-refractivity contribution in [3.63, 3.8) is 0 Å². The second kappa shape index (κ2) is 6.33. The molecule has 2 aromatic rings. The highest BCUT2D eigenvalue weighted by atomic mass is 32.1. The first-order chi connectivity index (χ1) is 10.2. The van der Waals surface area contributed by atoms with Crippen LogP contribution in [-0.4, -0.2) is 7.05 Å². The molecule has 2 atom stereocenters. The average Bonchev–Trinajstić information content (AvgIpc) is 2.98. The third-order valence-electron chi connectivity index (χ3n) is 4.77. The molecule has 2 unspecified atom stereocenters. The van der Waals surface area contributed by atoms with Gasteiger partial charge in [0.2, 0.25) is 0 Å². The van der Waals surface area contributed by atoms with E-state index >= 15 is 0 Å². The summed E-state index contributed by atoms with van der Waals surface area (Å²) >= 11 is 1.93. The molecule has 0 aliphatic heterocycles. The smallest absolute Gasteiger partial charge is 0.0387 e. The number of thiophene rings is 1. The van der Waals surface area contributed by atoms with Crippen molar-refractivity contribution in [2.45, 2.75) is 51.0 Å². The first kappa shape index (κ1) is 14.8. The summed E-state index contributed by atoms with van der Waals surface area (Å²) in [6, 6.07) is 12.0. The van der Waals surface area contributed by atoms with Crippen LogP contribution in [0.15, 0.2) is 35.7 Å². The van der Waals surface area contributed by atoms with Crippen molar-refractivity contribution in [2.24, 2.45) is 0 Å². The quantitative estimate of drug-likeness (QED) is 0.813. The Hall–Kier alpha value is -1.12. The lowest BCUT2D eigenvalue weighted by Gasteiger charge is -2.31. The summed E-state index contributed by atoms with van der Waals surface area (Å²) < 4.78 is 0. The van der Waals surface area contributed by atoms with Gasteiger partial charge in [0, 0.05) is 16.8 Å². The van der Waals surface area contributed by atoms with E-state index in [1.165, 1.54) is 30.4 Å². The van der Waals surface area contributed by atoms with Gasteiger partial charge in [-0.15, -0.1) is 11.3 Å². The van der Waals surface area contributed by atoms with Gasteiger partial charge in [0.1, 0.15) is 0 Å². The Bertz CT molecular complexity index is 582. The number of benzene rings is 1. The van der Waals surface area contributed by atoms with Crippen LogP contribution in [-0.2, 0) is 6.42 Å².